The highest BCUT2D eigenvalue weighted by Crippen LogP contribution is 2.53. The van der Waals surface area contributed by atoms with E-state index in [4.69, 9.17) is 5.73 Å². The maximum Gasteiger partial charge on any atom is 0.255 e. The van der Waals surface area contributed by atoms with Crippen molar-refractivity contribution in [2.75, 3.05) is 33.1 Å². The van der Waals surface area contributed by atoms with Crippen molar-refractivity contribution >= 4 is 23.2 Å². The van der Waals surface area contributed by atoms with Crippen LogP contribution in [-0.2, 0) is 22.6 Å². The van der Waals surface area contributed by atoms with Gasteiger partial charge in [0.2, 0.25) is 5.78 Å². The molecule has 3 aliphatic carbocycles. The van der Waals surface area contributed by atoms with Gasteiger partial charge < -0.3 is 36.4 Å². The van der Waals surface area contributed by atoms with Crippen LogP contribution in [0.2, 0.25) is 0 Å². The molecule has 38 heavy (non-hydrogen) atoms. The Morgan fingerprint density at radius 1 is 1.18 bits per heavy atom. The van der Waals surface area contributed by atoms with Gasteiger partial charge in [0.05, 0.1) is 11.6 Å². The van der Waals surface area contributed by atoms with Gasteiger partial charge in [-0.2, -0.15) is 0 Å². The van der Waals surface area contributed by atoms with Crippen LogP contribution in [0.15, 0.2) is 28.7 Å². The highest BCUT2D eigenvalue weighted by Gasteiger charge is 2.63. The number of phenolic OH excluding ortho intramolecular Hbond substituents is 1. The van der Waals surface area contributed by atoms with E-state index in [9.17, 15) is 34.8 Å². The highest BCUT2D eigenvalue weighted by atomic mass is 16.3. The summed E-state index contributed by atoms with van der Waals surface area (Å²) in [5.74, 6) is -6.54. The van der Waals surface area contributed by atoms with Gasteiger partial charge in [0.25, 0.3) is 5.91 Å². The summed E-state index contributed by atoms with van der Waals surface area (Å²) in [6.45, 7) is 4.20. The Balaban J connectivity index is 1.95. The van der Waals surface area contributed by atoms with E-state index in [1.165, 1.54) is 4.90 Å². The number of hydrogen-bond acceptors (Lipinski definition) is 10. The van der Waals surface area contributed by atoms with E-state index in [0.29, 0.717) is 17.7 Å². The monoisotopic (exact) mass is 528 g/mol. The minimum Gasteiger partial charge on any atom is -0.510 e. The number of carbonyl (C=O) groups excluding carboxylic acids is 3. The Bertz CT molecular complexity index is 1300. The third kappa shape index (κ3) is 3.88. The van der Waals surface area contributed by atoms with Crippen molar-refractivity contribution in [3.8, 4) is 5.75 Å². The van der Waals surface area contributed by atoms with Crippen molar-refractivity contribution in [2.45, 2.75) is 50.9 Å². The van der Waals surface area contributed by atoms with E-state index >= 15 is 0 Å². The molecule has 3 aliphatic rings. The number of likely N-dealkylation sites (N-methyl/N-ethyl adjacent to an activating group) is 1. The van der Waals surface area contributed by atoms with E-state index in [0.717, 1.165) is 5.69 Å². The molecular weight excluding hydrogens is 492 g/mol. The molecule has 0 radical (unpaired) electrons. The zero-order valence-electron chi connectivity index (χ0n) is 22.5. The lowest BCUT2D eigenvalue weighted by Gasteiger charge is -2.50. The number of hydrogen-bond donors (Lipinski definition) is 6. The Kier molecular flexibility index (Phi) is 6.84. The van der Waals surface area contributed by atoms with Crippen LogP contribution in [0.4, 0.5) is 5.69 Å². The third-order valence-corrected chi connectivity index (χ3v) is 7.96. The summed E-state index contributed by atoms with van der Waals surface area (Å²) < 4.78 is 0. The molecular formula is C27H36N4O7. The zero-order chi connectivity index (χ0) is 28.4. The van der Waals surface area contributed by atoms with Gasteiger partial charge in [0.15, 0.2) is 11.4 Å². The molecule has 0 bridgehead atoms. The molecule has 4 rings (SSSR count). The number of nitrogens with two attached hydrogens (primary N) is 1. The molecule has 11 heteroatoms. The van der Waals surface area contributed by atoms with Crippen molar-refractivity contribution in [3.63, 3.8) is 0 Å². The fourth-order valence-corrected chi connectivity index (χ4v) is 6.20. The number of nitrogens with zero attached hydrogens (tertiary/aromatic N) is 2. The lowest BCUT2D eigenvalue weighted by atomic mass is 9.58. The summed E-state index contributed by atoms with van der Waals surface area (Å²) in [4.78, 5) is 42.9. The second-order valence-electron chi connectivity index (χ2n) is 11.2. The zero-order valence-corrected chi connectivity index (χ0v) is 22.5. The first kappa shape index (κ1) is 27.6. The topological polar surface area (TPSA) is 177 Å². The van der Waals surface area contributed by atoms with Gasteiger partial charge >= 0.3 is 0 Å². The van der Waals surface area contributed by atoms with Gasteiger partial charge in [0.1, 0.15) is 22.8 Å². The lowest BCUT2D eigenvalue weighted by molar-refractivity contribution is -0.148. The quantitative estimate of drug-likeness (QED) is 0.288. The van der Waals surface area contributed by atoms with Crippen LogP contribution in [0.3, 0.4) is 0 Å². The summed E-state index contributed by atoms with van der Waals surface area (Å²) in [7, 11) is 6.86. The predicted molar refractivity (Wildman–Crippen MR) is 140 cm³/mol. The molecule has 0 spiro atoms. The number of anilines is 1. The number of carbonyl (C=O) groups is 3. The van der Waals surface area contributed by atoms with Crippen LogP contribution in [0.5, 0.6) is 5.75 Å². The van der Waals surface area contributed by atoms with Crippen LogP contribution < -0.4 is 16.0 Å². The molecule has 2 unspecified atom stereocenters. The van der Waals surface area contributed by atoms with Crippen molar-refractivity contribution in [2.24, 2.45) is 17.6 Å². The molecule has 11 nitrogen and oxygen atoms in total. The van der Waals surface area contributed by atoms with Crippen molar-refractivity contribution in [3.05, 3.63) is 45.4 Å². The number of aromatic hydroxyl groups is 1. The van der Waals surface area contributed by atoms with Crippen LogP contribution in [-0.4, -0.2) is 88.7 Å². The molecule has 0 fully saturated rings. The number of ketones is 2. The highest BCUT2D eigenvalue weighted by molar-refractivity contribution is 6.24. The molecule has 1 amide bonds. The van der Waals surface area contributed by atoms with E-state index in [-0.39, 0.29) is 35.8 Å². The van der Waals surface area contributed by atoms with Gasteiger partial charge in [-0.15, -0.1) is 0 Å². The molecule has 0 aromatic heterocycles. The number of benzene rings is 1. The largest absolute Gasteiger partial charge is 0.510 e. The predicted octanol–water partition coefficient (Wildman–Crippen LogP) is 0.685. The van der Waals surface area contributed by atoms with Gasteiger partial charge in [-0.3, -0.25) is 19.3 Å². The third-order valence-electron chi connectivity index (χ3n) is 7.96. The van der Waals surface area contributed by atoms with Gasteiger partial charge in [-0.05, 0) is 44.5 Å². The maximum atomic E-state index is 14.0. The lowest BCUT2D eigenvalue weighted by Crippen LogP contribution is -2.63. The number of nitrogens with one attached hydrogen (secondary N) is 1. The van der Waals surface area contributed by atoms with Crippen LogP contribution in [0.1, 0.15) is 41.8 Å². The molecule has 4 atom stereocenters. The molecule has 7 N–H and O–H groups in total. The van der Waals surface area contributed by atoms with Crippen LogP contribution in [0, 0.1) is 11.8 Å². The average molecular weight is 529 g/mol. The van der Waals surface area contributed by atoms with Gasteiger partial charge in [-0.25, -0.2) is 0 Å². The first-order valence-corrected chi connectivity index (χ1v) is 12.6. The molecule has 0 heterocycles. The number of primary amides is 1. The number of aliphatic hydroxyl groups is 3. The minimum atomic E-state index is -2.65. The van der Waals surface area contributed by atoms with E-state index in [1.54, 1.807) is 14.1 Å². The SMILES string of the molecule is CC(C)NCc1cc(N(C)C)c2c(c1O)C(=O)C1=C(O)[C@]3(O)C(=O)C(C(N)=O)=C(O)[C@H](N(C)C)C3CC1C2. The Morgan fingerprint density at radius 2 is 1.82 bits per heavy atom. The maximum absolute atomic E-state index is 14.0. The molecule has 1 aromatic rings. The second-order valence-corrected chi connectivity index (χ2v) is 11.2. The van der Waals surface area contributed by atoms with Gasteiger partial charge in [-0.1, -0.05) is 13.8 Å². The summed E-state index contributed by atoms with van der Waals surface area (Å²) in [5, 5.41) is 48.4. The number of amides is 1. The Labute approximate surface area is 221 Å². The Hall–Kier alpha value is -3.41. The van der Waals surface area contributed by atoms with Crippen molar-refractivity contribution in [1.29, 1.82) is 0 Å². The summed E-state index contributed by atoms with van der Waals surface area (Å²) in [5.41, 5.74) is 3.56. The second kappa shape index (κ2) is 9.40. The van der Waals surface area contributed by atoms with Crippen LogP contribution >= 0.6 is 0 Å². The van der Waals surface area contributed by atoms with E-state index < -0.39 is 58.0 Å². The first-order chi connectivity index (χ1) is 17.6. The molecule has 0 saturated heterocycles. The summed E-state index contributed by atoms with van der Waals surface area (Å²) in [6, 6.07) is 0.924. The fraction of sp³-hybridized carbons (Fsp3) is 0.519. The number of phenols is 1. The smallest absolute Gasteiger partial charge is 0.255 e. The van der Waals surface area contributed by atoms with E-state index in [2.05, 4.69) is 5.32 Å². The summed E-state index contributed by atoms with van der Waals surface area (Å²) in [6.07, 6.45) is 0.295. The number of allylic oxidation sites excluding steroid dienone is 1. The Morgan fingerprint density at radius 3 is 2.34 bits per heavy atom. The first-order valence-electron chi connectivity index (χ1n) is 12.6. The normalized spacial score (nSPS) is 27.0. The molecule has 206 valence electrons. The molecule has 0 saturated carbocycles. The van der Waals surface area contributed by atoms with Crippen molar-refractivity contribution < 1.29 is 34.8 Å². The molecule has 1 aromatic carbocycles. The van der Waals surface area contributed by atoms with Gasteiger partial charge in [0, 0.05) is 49.4 Å². The minimum absolute atomic E-state index is 0.0116. The number of Topliss-reactive ketones (excluding diaryl/α,β-unsaturated/α-hetero) is 2. The van der Waals surface area contributed by atoms with Crippen LogP contribution in [0.25, 0.3) is 0 Å². The van der Waals surface area contributed by atoms with Crippen molar-refractivity contribution in [1.82, 2.24) is 10.2 Å². The number of rotatable bonds is 6. The number of aliphatic hydroxyl groups excluding tert-OH is 2. The number of fused-ring (bicyclic) bond motifs is 3. The standard InChI is InChI=1S/C27H36N4O7/c1-11(2)29-10-13-9-16(30(3)4)14-7-12-8-15-20(31(5)6)23(34)19(26(28)37)25(36)27(15,38)24(35)17(12)22(33)18(14)21(13)32/h9,11-12,15,20,29,32,34-35,38H,7-8,10H2,1-6H3,(H2,28,37)/t12?,15?,20-,27+/m1/s1. The average Bonchev–Trinajstić information content (AvgIpc) is 2.80. The fourth-order valence-electron chi connectivity index (χ4n) is 6.20. The molecule has 0 aliphatic heterocycles. The summed E-state index contributed by atoms with van der Waals surface area (Å²) >= 11 is 0. The van der Waals surface area contributed by atoms with E-state index in [1.807, 2.05) is 38.9 Å².